The van der Waals surface area contributed by atoms with Crippen molar-refractivity contribution < 1.29 is 19.1 Å². The number of fused-ring (bicyclic) bond motifs is 1. The van der Waals surface area contributed by atoms with Gasteiger partial charge in [-0.25, -0.2) is 4.79 Å². The molecule has 1 aromatic rings. The van der Waals surface area contributed by atoms with Crippen molar-refractivity contribution in [3.8, 4) is 5.75 Å². The van der Waals surface area contributed by atoms with Gasteiger partial charge >= 0.3 is 6.09 Å². The standard InChI is InChI=1S/C12H14N2O4/c1-2-17-12(16)13-6-8-3-4-9-10(5-8)18-7-11(15)14-9/h3-5H,2,6-7H2,1H3,(H,13,16)(H,14,15). The number of hydrogen-bond donors (Lipinski definition) is 2. The van der Waals surface area contributed by atoms with Gasteiger partial charge in [-0.05, 0) is 24.6 Å². The highest BCUT2D eigenvalue weighted by Crippen LogP contribution is 2.28. The minimum absolute atomic E-state index is 0.0156. The van der Waals surface area contributed by atoms with Crippen LogP contribution in [0.25, 0.3) is 0 Å². The van der Waals surface area contributed by atoms with Crippen LogP contribution >= 0.6 is 0 Å². The number of ether oxygens (including phenoxy) is 2. The fraction of sp³-hybridized carbons (Fsp3) is 0.333. The zero-order chi connectivity index (χ0) is 13.0. The maximum absolute atomic E-state index is 11.1. The van der Waals surface area contributed by atoms with E-state index in [1.54, 1.807) is 25.1 Å². The van der Waals surface area contributed by atoms with Crippen molar-refractivity contribution in [1.82, 2.24) is 5.32 Å². The highest BCUT2D eigenvalue weighted by atomic mass is 16.5. The summed E-state index contributed by atoms with van der Waals surface area (Å²) in [6, 6.07) is 5.33. The molecule has 6 heteroatoms. The topological polar surface area (TPSA) is 76.7 Å². The van der Waals surface area contributed by atoms with Crippen molar-refractivity contribution in [1.29, 1.82) is 0 Å². The Labute approximate surface area is 104 Å². The quantitative estimate of drug-likeness (QED) is 0.846. The fourth-order valence-corrected chi connectivity index (χ4v) is 1.59. The number of carbonyl (C=O) groups is 2. The number of amides is 2. The van der Waals surface area contributed by atoms with Gasteiger partial charge in [0.2, 0.25) is 0 Å². The van der Waals surface area contributed by atoms with E-state index in [4.69, 9.17) is 9.47 Å². The number of rotatable bonds is 3. The Balaban J connectivity index is 1.99. The molecule has 0 bridgehead atoms. The average molecular weight is 250 g/mol. The summed E-state index contributed by atoms with van der Waals surface area (Å²) in [5.74, 6) is 0.442. The second-order valence-electron chi connectivity index (χ2n) is 3.74. The Morgan fingerprint density at radius 2 is 2.39 bits per heavy atom. The Morgan fingerprint density at radius 1 is 1.56 bits per heavy atom. The lowest BCUT2D eigenvalue weighted by Gasteiger charge is -2.18. The van der Waals surface area contributed by atoms with Crippen LogP contribution in [0.3, 0.4) is 0 Å². The molecule has 0 saturated heterocycles. The Hall–Kier alpha value is -2.24. The first kappa shape index (κ1) is 12.2. The molecule has 0 aromatic heterocycles. The minimum atomic E-state index is -0.454. The number of benzene rings is 1. The third-order valence-corrected chi connectivity index (χ3v) is 2.39. The maximum atomic E-state index is 11.1. The van der Waals surface area contributed by atoms with Crippen molar-refractivity contribution in [2.24, 2.45) is 0 Å². The van der Waals surface area contributed by atoms with Crippen LogP contribution in [0.5, 0.6) is 5.75 Å². The Bertz CT molecular complexity index is 473. The van der Waals surface area contributed by atoms with E-state index in [2.05, 4.69) is 10.6 Å². The number of hydrogen-bond acceptors (Lipinski definition) is 4. The molecule has 1 aromatic carbocycles. The molecule has 96 valence electrons. The number of carbonyl (C=O) groups excluding carboxylic acids is 2. The van der Waals surface area contributed by atoms with Gasteiger partial charge in [0.1, 0.15) is 5.75 Å². The molecule has 1 heterocycles. The van der Waals surface area contributed by atoms with Gasteiger partial charge in [0.15, 0.2) is 6.61 Å². The lowest BCUT2D eigenvalue weighted by Crippen LogP contribution is -2.26. The molecule has 6 nitrogen and oxygen atoms in total. The van der Waals surface area contributed by atoms with Crippen molar-refractivity contribution in [2.45, 2.75) is 13.5 Å². The van der Waals surface area contributed by atoms with Gasteiger partial charge in [0.05, 0.1) is 12.3 Å². The first-order valence-corrected chi connectivity index (χ1v) is 5.65. The minimum Gasteiger partial charge on any atom is -0.482 e. The SMILES string of the molecule is CCOC(=O)NCc1ccc2c(c1)OCC(=O)N2. The largest absolute Gasteiger partial charge is 0.482 e. The van der Waals surface area contributed by atoms with Crippen molar-refractivity contribution in [3.05, 3.63) is 23.8 Å². The van der Waals surface area contributed by atoms with Crippen LogP contribution in [0, 0.1) is 0 Å². The van der Waals surface area contributed by atoms with Gasteiger partial charge in [-0.1, -0.05) is 6.07 Å². The van der Waals surface area contributed by atoms with E-state index >= 15 is 0 Å². The molecule has 18 heavy (non-hydrogen) atoms. The van der Waals surface area contributed by atoms with E-state index in [0.717, 1.165) is 5.56 Å². The third kappa shape index (κ3) is 2.91. The van der Waals surface area contributed by atoms with E-state index in [1.807, 2.05) is 0 Å². The normalized spacial score (nSPS) is 13.1. The summed E-state index contributed by atoms with van der Waals surface area (Å²) in [7, 11) is 0. The van der Waals surface area contributed by atoms with Crippen LogP contribution in [0.15, 0.2) is 18.2 Å². The molecule has 0 radical (unpaired) electrons. The summed E-state index contributed by atoms with van der Waals surface area (Å²) in [5, 5.41) is 5.31. The summed E-state index contributed by atoms with van der Waals surface area (Å²) in [6.45, 7) is 2.45. The van der Waals surface area contributed by atoms with Gasteiger partial charge in [0.25, 0.3) is 5.91 Å². The molecular weight excluding hydrogens is 236 g/mol. The molecule has 0 aliphatic carbocycles. The molecule has 0 fully saturated rings. The summed E-state index contributed by atoms with van der Waals surface area (Å²) in [5.41, 5.74) is 1.52. The van der Waals surface area contributed by atoms with Crippen LogP contribution < -0.4 is 15.4 Å². The summed E-state index contributed by atoms with van der Waals surface area (Å²) in [4.78, 5) is 22.2. The zero-order valence-corrected chi connectivity index (χ0v) is 9.99. The molecule has 2 N–H and O–H groups in total. The fourth-order valence-electron chi connectivity index (χ4n) is 1.59. The molecule has 1 aliphatic heterocycles. The molecule has 0 unspecified atom stereocenters. The van der Waals surface area contributed by atoms with Crippen LogP contribution in [0.4, 0.5) is 10.5 Å². The van der Waals surface area contributed by atoms with Crippen LogP contribution in [0.2, 0.25) is 0 Å². The summed E-state index contributed by atoms with van der Waals surface area (Å²) >= 11 is 0. The zero-order valence-electron chi connectivity index (χ0n) is 9.99. The maximum Gasteiger partial charge on any atom is 0.407 e. The van der Waals surface area contributed by atoms with Gasteiger partial charge in [-0.15, -0.1) is 0 Å². The average Bonchev–Trinajstić information content (AvgIpc) is 2.36. The van der Waals surface area contributed by atoms with Crippen molar-refractivity contribution >= 4 is 17.7 Å². The molecular formula is C12H14N2O4. The number of nitrogens with one attached hydrogen (secondary N) is 2. The molecule has 2 amide bonds. The van der Waals surface area contributed by atoms with Crippen LogP contribution in [0.1, 0.15) is 12.5 Å². The predicted molar refractivity (Wildman–Crippen MR) is 64.4 cm³/mol. The monoisotopic (exact) mass is 250 g/mol. The van der Waals surface area contributed by atoms with E-state index in [-0.39, 0.29) is 12.5 Å². The molecule has 0 saturated carbocycles. The second-order valence-corrected chi connectivity index (χ2v) is 3.74. The molecule has 1 aliphatic rings. The number of alkyl carbamates (subject to hydrolysis) is 1. The molecule has 2 rings (SSSR count). The Morgan fingerprint density at radius 3 is 3.17 bits per heavy atom. The van der Waals surface area contributed by atoms with Crippen LogP contribution in [-0.2, 0) is 16.1 Å². The highest BCUT2D eigenvalue weighted by molar-refractivity contribution is 5.95. The first-order valence-electron chi connectivity index (χ1n) is 5.65. The lowest BCUT2D eigenvalue weighted by molar-refractivity contribution is -0.118. The Kier molecular flexibility index (Phi) is 3.66. The van der Waals surface area contributed by atoms with Gasteiger partial charge in [-0.2, -0.15) is 0 Å². The van der Waals surface area contributed by atoms with Crippen LogP contribution in [-0.4, -0.2) is 25.2 Å². The lowest BCUT2D eigenvalue weighted by atomic mass is 10.1. The van der Waals surface area contributed by atoms with E-state index < -0.39 is 6.09 Å². The van der Waals surface area contributed by atoms with Gasteiger partial charge in [-0.3, -0.25) is 4.79 Å². The smallest absolute Gasteiger partial charge is 0.407 e. The second kappa shape index (κ2) is 5.39. The van der Waals surface area contributed by atoms with E-state index in [9.17, 15) is 9.59 Å². The predicted octanol–water partition coefficient (Wildman–Crippen LogP) is 1.26. The summed E-state index contributed by atoms with van der Waals surface area (Å²) in [6.07, 6.45) is -0.454. The highest BCUT2D eigenvalue weighted by Gasteiger charge is 2.15. The van der Waals surface area contributed by atoms with Gasteiger partial charge < -0.3 is 20.1 Å². The van der Waals surface area contributed by atoms with Crippen molar-refractivity contribution in [2.75, 3.05) is 18.5 Å². The number of anilines is 1. The molecule has 0 atom stereocenters. The molecule has 0 spiro atoms. The third-order valence-electron chi connectivity index (χ3n) is 2.39. The first-order chi connectivity index (χ1) is 8.69. The summed E-state index contributed by atoms with van der Waals surface area (Å²) < 4.78 is 10.0. The van der Waals surface area contributed by atoms with Crippen molar-refractivity contribution in [3.63, 3.8) is 0 Å². The van der Waals surface area contributed by atoms with E-state index in [1.165, 1.54) is 0 Å². The van der Waals surface area contributed by atoms with Gasteiger partial charge in [0, 0.05) is 6.54 Å². The van der Waals surface area contributed by atoms with E-state index in [0.29, 0.717) is 24.6 Å².